The first kappa shape index (κ1) is 15.4. The van der Waals surface area contributed by atoms with Crippen molar-refractivity contribution < 1.29 is 0 Å². The van der Waals surface area contributed by atoms with Gasteiger partial charge in [0.15, 0.2) is 0 Å². The molecule has 0 saturated heterocycles. The van der Waals surface area contributed by atoms with E-state index in [0.29, 0.717) is 0 Å². The molecule has 5 rings (SSSR count). The average Bonchev–Trinajstić information content (AvgIpc) is 3.03. The predicted molar refractivity (Wildman–Crippen MR) is 114 cm³/mol. The van der Waals surface area contributed by atoms with E-state index in [2.05, 4.69) is 118 Å². The van der Waals surface area contributed by atoms with Crippen molar-refractivity contribution in [1.82, 2.24) is 4.57 Å². The van der Waals surface area contributed by atoms with Gasteiger partial charge in [-0.15, -0.1) is 0 Å². The Hall–Kier alpha value is -2.84. The number of nitrogens with zero attached hydrogens (tertiary/aromatic N) is 1. The highest BCUT2D eigenvalue weighted by atomic mass is 79.9. The van der Waals surface area contributed by atoms with E-state index in [-0.39, 0.29) is 0 Å². The summed E-state index contributed by atoms with van der Waals surface area (Å²) in [5, 5.41) is 2.57. The number of aromatic nitrogens is 1. The van der Waals surface area contributed by atoms with Crippen molar-refractivity contribution in [2.24, 2.45) is 0 Å². The minimum Gasteiger partial charge on any atom is -0.309 e. The highest BCUT2D eigenvalue weighted by molar-refractivity contribution is 9.10. The van der Waals surface area contributed by atoms with Gasteiger partial charge in [-0.3, -0.25) is 0 Å². The van der Waals surface area contributed by atoms with Crippen molar-refractivity contribution in [3.63, 3.8) is 0 Å². The van der Waals surface area contributed by atoms with E-state index in [4.69, 9.17) is 0 Å². The molecule has 1 nitrogen and oxygen atoms in total. The maximum absolute atomic E-state index is 3.52. The third-order valence-electron chi connectivity index (χ3n) is 4.87. The van der Waals surface area contributed by atoms with Crippen molar-refractivity contribution in [2.45, 2.75) is 0 Å². The zero-order valence-corrected chi connectivity index (χ0v) is 15.6. The lowest BCUT2D eigenvalue weighted by atomic mass is 10.0. The van der Waals surface area contributed by atoms with Crippen LogP contribution in [0.1, 0.15) is 0 Å². The quantitative estimate of drug-likeness (QED) is 0.296. The summed E-state index contributed by atoms with van der Waals surface area (Å²) >= 11 is 3.52. The van der Waals surface area contributed by atoms with Crippen LogP contribution in [0.2, 0.25) is 0 Å². The molecular weight excluding hydrogens is 382 g/mol. The molecule has 0 spiro atoms. The lowest BCUT2D eigenvalue weighted by Crippen LogP contribution is -1.93. The van der Waals surface area contributed by atoms with E-state index in [1.807, 2.05) is 0 Å². The van der Waals surface area contributed by atoms with Crippen LogP contribution in [0.5, 0.6) is 0 Å². The Labute approximate surface area is 160 Å². The summed E-state index contributed by atoms with van der Waals surface area (Å²) in [6.07, 6.45) is 0. The fourth-order valence-corrected chi connectivity index (χ4v) is 3.91. The van der Waals surface area contributed by atoms with Gasteiger partial charge in [-0.1, -0.05) is 76.6 Å². The molecule has 0 aliphatic rings. The van der Waals surface area contributed by atoms with E-state index in [9.17, 15) is 0 Å². The molecule has 2 heteroatoms. The number of halogens is 1. The summed E-state index contributed by atoms with van der Waals surface area (Å²) in [7, 11) is 0. The molecule has 0 aliphatic carbocycles. The fourth-order valence-electron chi connectivity index (χ4n) is 3.65. The van der Waals surface area contributed by atoms with E-state index in [0.717, 1.165) is 4.47 Å². The zero-order chi connectivity index (χ0) is 17.5. The molecule has 0 aliphatic heterocycles. The Bertz CT molecular complexity index is 1220. The van der Waals surface area contributed by atoms with Gasteiger partial charge in [-0.05, 0) is 47.5 Å². The number of hydrogen-bond acceptors (Lipinski definition) is 0. The summed E-state index contributed by atoms with van der Waals surface area (Å²) < 4.78 is 3.45. The maximum atomic E-state index is 3.52. The lowest BCUT2D eigenvalue weighted by Gasteiger charge is -2.09. The van der Waals surface area contributed by atoms with Gasteiger partial charge >= 0.3 is 0 Å². The molecule has 5 aromatic rings. The first-order valence-electron chi connectivity index (χ1n) is 8.66. The van der Waals surface area contributed by atoms with Crippen LogP contribution in [0, 0.1) is 0 Å². The smallest absolute Gasteiger partial charge is 0.0547 e. The Morgan fingerprint density at radius 1 is 0.538 bits per heavy atom. The molecule has 0 amide bonds. The van der Waals surface area contributed by atoms with Gasteiger partial charge < -0.3 is 4.57 Å². The number of fused-ring (bicyclic) bond motifs is 3. The van der Waals surface area contributed by atoms with Crippen LogP contribution in [0.25, 0.3) is 38.6 Å². The van der Waals surface area contributed by atoms with Gasteiger partial charge in [0, 0.05) is 20.9 Å². The number of rotatable bonds is 2. The van der Waals surface area contributed by atoms with Crippen LogP contribution in [0.4, 0.5) is 0 Å². The van der Waals surface area contributed by atoms with Crippen LogP contribution in [0.15, 0.2) is 102 Å². The van der Waals surface area contributed by atoms with E-state index in [1.165, 1.54) is 38.6 Å². The van der Waals surface area contributed by atoms with Crippen molar-refractivity contribution >= 4 is 37.7 Å². The molecule has 0 fully saturated rings. The summed E-state index contributed by atoms with van der Waals surface area (Å²) in [6.45, 7) is 0. The third-order valence-corrected chi connectivity index (χ3v) is 5.39. The molecule has 26 heavy (non-hydrogen) atoms. The van der Waals surface area contributed by atoms with Crippen LogP contribution >= 0.6 is 15.9 Å². The molecule has 0 unspecified atom stereocenters. The molecule has 0 saturated carbocycles. The van der Waals surface area contributed by atoms with Crippen LogP contribution in [0.3, 0.4) is 0 Å². The first-order chi connectivity index (χ1) is 12.8. The Kier molecular flexibility index (Phi) is 3.65. The van der Waals surface area contributed by atoms with E-state index in [1.54, 1.807) is 0 Å². The molecular formula is C24H16BrN. The van der Waals surface area contributed by atoms with Crippen LogP contribution in [-0.2, 0) is 0 Å². The second-order valence-corrected chi connectivity index (χ2v) is 7.34. The second-order valence-electron chi connectivity index (χ2n) is 6.43. The Morgan fingerprint density at radius 3 is 2.00 bits per heavy atom. The topological polar surface area (TPSA) is 4.93 Å². The number of benzene rings is 4. The summed E-state index contributed by atoms with van der Waals surface area (Å²) in [5.74, 6) is 0. The predicted octanol–water partition coefficient (Wildman–Crippen LogP) is 7.21. The largest absolute Gasteiger partial charge is 0.309 e. The molecule has 1 heterocycles. The van der Waals surface area contributed by atoms with Gasteiger partial charge in [0.2, 0.25) is 0 Å². The second kappa shape index (κ2) is 6.15. The molecule has 0 radical (unpaired) electrons. The molecule has 124 valence electrons. The van der Waals surface area contributed by atoms with Gasteiger partial charge in [-0.2, -0.15) is 0 Å². The van der Waals surface area contributed by atoms with Gasteiger partial charge in [0.25, 0.3) is 0 Å². The molecule has 0 atom stereocenters. The monoisotopic (exact) mass is 397 g/mol. The summed E-state index contributed by atoms with van der Waals surface area (Å²) in [5.41, 5.74) is 6.11. The Morgan fingerprint density at radius 2 is 1.19 bits per heavy atom. The maximum Gasteiger partial charge on any atom is 0.0547 e. The molecule has 1 aromatic heterocycles. The zero-order valence-electron chi connectivity index (χ0n) is 14.1. The van der Waals surface area contributed by atoms with E-state index < -0.39 is 0 Å². The van der Waals surface area contributed by atoms with Crippen LogP contribution < -0.4 is 0 Å². The number of para-hydroxylation sites is 2. The normalized spacial score (nSPS) is 11.3. The highest BCUT2D eigenvalue weighted by Crippen LogP contribution is 2.34. The standard InChI is InChI=1S/C24H16BrN/c25-19-13-10-17(11-14-19)18-12-15-22-21-8-4-5-9-23(21)26(24(22)16-18)20-6-2-1-3-7-20/h1-16H. The summed E-state index contributed by atoms with van der Waals surface area (Å²) in [4.78, 5) is 0. The molecule has 0 N–H and O–H groups in total. The average molecular weight is 398 g/mol. The highest BCUT2D eigenvalue weighted by Gasteiger charge is 2.12. The van der Waals surface area contributed by atoms with E-state index >= 15 is 0 Å². The van der Waals surface area contributed by atoms with Gasteiger partial charge in [0.05, 0.1) is 11.0 Å². The van der Waals surface area contributed by atoms with Crippen molar-refractivity contribution in [2.75, 3.05) is 0 Å². The van der Waals surface area contributed by atoms with Gasteiger partial charge in [-0.25, -0.2) is 0 Å². The van der Waals surface area contributed by atoms with Crippen molar-refractivity contribution in [3.8, 4) is 16.8 Å². The third kappa shape index (κ3) is 2.46. The molecule has 4 aromatic carbocycles. The Balaban J connectivity index is 1.85. The minimum absolute atomic E-state index is 1.10. The fraction of sp³-hybridized carbons (Fsp3) is 0. The number of hydrogen-bond donors (Lipinski definition) is 0. The SMILES string of the molecule is Brc1ccc(-c2ccc3c4ccccc4n(-c4ccccc4)c3c2)cc1. The summed E-state index contributed by atoms with van der Waals surface area (Å²) in [6, 6.07) is 34.4. The minimum atomic E-state index is 1.10. The molecule has 0 bridgehead atoms. The van der Waals surface area contributed by atoms with Gasteiger partial charge in [0.1, 0.15) is 0 Å². The van der Waals surface area contributed by atoms with Crippen molar-refractivity contribution in [3.05, 3.63) is 102 Å². The lowest BCUT2D eigenvalue weighted by molar-refractivity contribution is 1.18. The van der Waals surface area contributed by atoms with Crippen LogP contribution in [-0.4, -0.2) is 4.57 Å². The first-order valence-corrected chi connectivity index (χ1v) is 9.45. The van der Waals surface area contributed by atoms with Crippen molar-refractivity contribution in [1.29, 1.82) is 0 Å².